The molecule has 0 amide bonds. The molecule has 0 aliphatic heterocycles. The van der Waals surface area contributed by atoms with Gasteiger partial charge in [0.2, 0.25) is 0 Å². The zero-order valence-electron chi connectivity index (χ0n) is 11.9. The van der Waals surface area contributed by atoms with Crippen LogP contribution in [0.15, 0.2) is 30.3 Å². The minimum absolute atomic E-state index is 0.199. The Balaban J connectivity index is 2.04. The number of rotatable bonds is 6. The van der Waals surface area contributed by atoms with E-state index in [9.17, 15) is 4.79 Å². The molecule has 0 saturated carbocycles. The second-order valence-corrected chi connectivity index (χ2v) is 5.25. The molecule has 0 saturated heterocycles. The fourth-order valence-electron chi connectivity index (χ4n) is 2.20. The second-order valence-electron chi connectivity index (χ2n) is 4.82. The highest BCUT2D eigenvalue weighted by atomic mass is 35.5. The van der Waals surface area contributed by atoms with Crippen molar-refractivity contribution in [2.75, 3.05) is 0 Å². The van der Waals surface area contributed by atoms with Crippen LogP contribution >= 0.6 is 11.6 Å². The summed E-state index contributed by atoms with van der Waals surface area (Å²) in [7, 11) is 0. The van der Waals surface area contributed by atoms with Crippen LogP contribution in [0.3, 0.4) is 0 Å². The summed E-state index contributed by atoms with van der Waals surface area (Å²) in [5, 5.41) is 5.16. The number of ketones is 1. The smallest absolute Gasteiger partial charge is 0.143 e. The zero-order valence-corrected chi connectivity index (χ0v) is 12.7. The lowest BCUT2D eigenvalue weighted by atomic mass is 10.1. The Morgan fingerprint density at radius 1 is 1.20 bits per heavy atom. The lowest BCUT2D eigenvalue weighted by molar-refractivity contribution is -0.117. The molecule has 0 N–H and O–H groups in total. The van der Waals surface area contributed by atoms with Gasteiger partial charge in [0.05, 0.1) is 5.69 Å². The molecule has 0 unspecified atom stereocenters. The van der Waals surface area contributed by atoms with Gasteiger partial charge in [0.15, 0.2) is 0 Å². The average Bonchev–Trinajstić information content (AvgIpc) is 2.83. The number of hydrogen-bond acceptors (Lipinski definition) is 2. The molecule has 3 nitrogen and oxygen atoms in total. The minimum atomic E-state index is 0.199. The number of hydrogen-bond donors (Lipinski definition) is 0. The maximum atomic E-state index is 12.2. The van der Waals surface area contributed by atoms with E-state index in [2.05, 4.69) is 12.0 Å². The third-order valence-electron chi connectivity index (χ3n) is 3.27. The molecule has 0 radical (unpaired) electrons. The Morgan fingerprint density at radius 2 is 1.90 bits per heavy atom. The van der Waals surface area contributed by atoms with Gasteiger partial charge >= 0.3 is 0 Å². The molecule has 106 valence electrons. The van der Waals surface area contributed by atoms with Gasteiger partial charge < -0.3 is 0 Å². The Bertz CT molecular complexity index is 587. The van der Waals surface area contributed by atoms with E-state index in [0.29, 0.717) is 17.9 Å². The average molecular weight is 291 g/mol. The maximum Gasteiger partial charge on any atom is 0.143 e. The maximum absolute atomic E-state index is 12.2. The summed E-state index contributed by atoms with van der Waals surface area (Å²) in [4.78, 5) is 12.2. The van der Waals surface area contributed by atoms with Crippen molar-refractivity contribution in [3.8, 4) is 0 Å². The molecular weight excluding hydrogens is 272 g/mol. The lowest BCUT2D eigenvalue weighted by Crippen LogP contribution is -2.11. The van der Waals surface area contributed by atoms with Gasteiger partial charge in [-0.3, -0.25) is 9.48 Å². The molecule has 1 aromatic heterocycles. The van der Waals surface area contributed by atoms with Crippen molar-refractivity contribution in [3.63, 3.8) is 0 Å². The SMILES string of the molecule is CCc1cc(CC(=O)Cc2ccc(Cl)cc2)n(CC)n1. The predicted molar refractivity (Wildman–Crippen MR) is 81.1 cm³/mol. The summed E-state index contributed by atoms with van der Waals surface area (Å²) in [6.45, 7) is 4.91. The van der Waals surface area contributed by atoms with Crippen molar-refractivity contribution in [2.24, 2.45) is 0 Å². The van der Waals surface area contributed by atoms with Gasteiger partial charge in [-0.15, -0.1) is 0 Å². The molecule has 2 aromatic rings. The fourth-order valence-corrected chi connectivity index (χ4v) is 2.32. The van der Waals surface area contributed by atoms with Crippen LogP contribution in [0.1, 0.15) is 30.8 Å². The molecule has 2 rings (SSSR count). The molecule has 1 aromatic carbocycles. The predicted octanol–water partition coefficient (Wildman–Crippen LogP) is 3.47. The molecule has 0 atom stereocenters. The lowest BCUT2D eigenvalue weighted by Gasteiger charge is -2.04. The highest BCUT2D eigenvalue weighted by Crippen LogP contribution is 2.12. The number of aryl methyl sites for hydroxylation is 2. The normalized spacial score (nSPS) is 10.8. The summed E-state index contributed by atoms with van der Waals surface area (Å²) in [6, 6.07) is 9.46. The molecule has 1 heterocycles. The Hall–Kier alpha value is -1.61. The van der Waals surface area contributed by atoms with Crippen molar-refractivity contribution < 1.29 is 4.79 Å². The topological polar surface area (TPSA) is 34.9 Å². The molecule has 0 spiro atoms. The van der Waals surface area contributed by atoms with E-state index < -0.39 is 0 Å². The van der Waals surface area contributed by atoms with Gasteiger partial charge in [0.25, 0.3) is 0 Å². The van der Waals surface area contributed by atoms with Crippen LogP contribution in [0.25, 0.3) is 0 Å². The molecule has 0 bridgehead atoms. The highest BCUT2D eigenvalue weighted by molar-refractivity contribution is 6.30. The minimum Gasteiger partial charge on any atom is -0.299 e. The van der Waals surface area contributed by atoms with E-state index in [1.54, 1.807) is 0 Å². The van der Waals surface area contributed by atoms with Crippen LogP contribution < -0.4 is 0 Å². The number of benzene rings is 1. The largest absolute Gasteiger partial charge is 0.299 e. The van der Waals surface area contributed by atoms with Crippen LogP contribution in [0.4, 0.5) is 0 Å². The first kappa shape index (κ1) is 14.8. The van der Waals surface area contributed by atoms with Crippen LogP contribution in [0, 0.1) is 0 Å². The number of halogens is 1. The van der Waals surface area contributed by atoms with Crippen molar-refractivity contribution in [2.45, 2.75) is 39.7 Å². The third kappa shape index (κ3) is 3.70. The van der Waals surface area contributed by atoms with Crippen molar-refractivity contribution >= 4 is 17.4 Å². The quantitative estimate of drug-likeness (QED) is 0.816. The molecule has 0 fully saturated rings. The van der Waals surface area contributed by atoms with E-state index in [0.717, 1.165) is 29.9 Å². The highest BCUT2D eigenvalue weighted by Gasteiger charge is 2.11. The van der Waals surface area contributed by atoms with E-state index in [-0.39, 0.29) is 5.78 Å². The number of aromatic nitrogens is 2. The Labute approximate surface area is 124 Å². The number of nitrogens with zero attached hydrogens (tertiary/aromatic N) is 2. The van der Waals surface area contributed by atoms with Gasteiger partial charge in [0.1, 0.15) is 5.78 Å². The number of carbonyl (C=O) groups is 1. The van der Waals surface area contributed by atoms with E-state index in [1.165, 1.54) is 0 Å². The monoisotopic (exact) mass is 290 g/mol. The van der Waals surface area contributed by atoms with Gasteiger partial charge in [-0.05, 0) is 37.1 Å². The van der Waals surface area contributed by atoms with Crippen molar-refractivity contribution in [3.05, 3.63) is 52.3 Å². The van der Waals surface area contributed by atoms with Crippen LogP contribution in [-0.2, 0) is 30.6 Å². The van der Waals surface area contributed by atoms with Crippen LogP contribution in [-0.4, -0.2) is 15.6 Å². The summed E-state index contributed by atoms with van der Waals surface area (Å²) < 4.78 is 1.92. The van der Waals surface area contributed by atoms with E-state index in [1.807, 2.05) is 41.9 Å². The third-order valence-corrected chi connectivity index (χ3v) is 3.52. The molecule has 4 heteroatoms. The summed E-state index contributed by atoms with van der Waals surface area (Å²) in [5.41, 5.74) is 3.04. The standard InChI is InChI=1S/C16H19ClN2O/c1-3-14-10-15(19(4-2)18-14)11-16(20)9-12-5-7-13(17)8-6-12/h5-8,10H,3-4,9,11H2,1-2H3. The first-order valence-corrected chi connectivity index (χ1v) is 7.32. The van der Waals surface area contributed by atoms with Crippen molar-refractivity contribution in [1.29, 1.82) is 0 Å². The van der Waals surface area contributed by atoms with Gasteiger partial charge in [-0.2, -0.15) is 5.10 Å². The van der Waals surface area contributed by atoms with Crippen molar-refractivity contribution in [1.82, 2.24) is 9.78 Å². The molecule has 20 heavy (non-hydrogen) atoms. The summed E-state index contributed by atoms with van der Waals surface area (Å²) in [6.07, 6.45) is 1.77. The first-order chi connectivity index (χ1) is 9.62. The molecule has 0 aliphatic carbocycles. The Kier molecular flexibility index (Phi) is 4.96. The molecular formula is C16H19ClN2O. The molecule has 0 aliphatic rings. The zero-order chi connectivity index (χ0) is 14.5. The number of Topliss-reactive ketones (excluding diaryl/α,β-unsaturated/α-hetero) is 1. The van der Waals surface area contributed by atoms with Crippen LogP contribution in [0.5, 0.6) is 0 Å². The van der Waals surface area contributed by atoms with Gasteiger partial charge in [-0.1, -0.05) is 30.7 Å². The fraction of sp³-hybridized carbons (Fsp3) is 0.375. The van der Waals surface area contributed by atoms with Crippen LogP contribution in [0.2, 0.25) is 5.02 Å². The second kappa shape index (κ2) is 6.71. The van der Waals surface area contributed by atoms with E-state index >= 15 is 0 Å². The summed E-state index contributed by atoms with van der Waals surface area (Å²) in [5.74, 6) is 0.199. The summed E-state index contributed by atoms with van der Waals surface area (Å²) >= 11 is 5.84. The Morgan fingerprint density at radius 3 is 2.50 bits per heavy atom. The van der Waals surface area contributed by atoms with Gasteiger partial charge in [-0.25, -0.2) is 0 Å². The van der Waals surface area contributed by atoms with E-state index in [4.69, 9.17) is 11.6 Å². The first-order valence-electron chi connectivity index (χ1n) is 6.94. The van der Waals surface area contributed by atoms with Gasteiger partial charge in [0, 0.05) is 30.1 Å². The number of carbonyl (C=O) groups excluding carboxylic acids is 1.